The molecule has 2 nitrogen and oxygen atoms in total. The van der Waals surface area contributed by atoms with Crippen molar-refractivity contribution in [3.05, 3.63) is 60.6 Å². The predicted octanol–water partition coefficient (Wildman–Crippen LogP) is 4.61. The van der Waals surface area contributed by atoms with Crippen molar-refractivity contribution in [1.29, 1.82) is 0 Å². The van der Waals surface area contributed by atoms with Gasteiger partial charge in [-0.3, -0.25) is 4.98 Å². The molecule has 0 amide bonds. The van der Waals surface area contributed by atoms with Crippen molar-refractivity contribution in [2.45, 2.75) is 33.1 Å². The monoisotopic (exact) mass is 295 g/mol. The molecule has 0 saturated carbocycles. The second-order valence-corrected chi connectivity index (χ2v) is 5.76. The molecule has 2 radical (unpaired) electrons. The van der Waals surface area contributed by atoms with Gasteiger partial charge in [-0.05, 0) is 43.0 Å². The second-order valence-electron chi connectivity index (χ2n) is 5.76. The second kappa shape index (κ2) is 8.70. The maximum absolute atomic E-state index is 5.72. The zero-order valence-electron chi connectivity index (χ0n) is 13.6. The van der Waals surface area contributed by atoms with Gasteiger partial charge >= 0.3 is 0 Å². The summed E-state index contributed by atoms with van der Waals surface area (Å²) < 4.78 is 5.72. The molecule has 2 rings (SSSR count). The van der Waals surface area contributed by atoms with Gasteiger partial charge in [-0.15, -0.1) is 0 Å². The summed E-state index contributed by atoms with van der Waals surface area (Å²) in [6.45, 7) is 11.7. The first kappa shape index (κ1) is 16.7. The first-order valence-electron chi connectivity index (χ1n) is 8.06. The molecule has 0 aliphatic heterocycles. The Hall–Kier alpha value is -1.67. The SMILES string of the molecule is [CH]Cc1cccc(-c2cccc(CCOCC(C)CC)n2)c1. The van der Waals surface area contributed by atoms with E-state index in [-0.39, 0.29) is 0 Å². The fourth-order valence-electron chi connectivity index (χ4n) is 2.22. The summed E-state index contributed by atoms with van der Waals surface area (Å²) in [5.41, 5.74) is 4.31. The standard InChI is InChI=1S/C20H25NO/c1-4-16(3)15-22-13-12-19-10-7-11-20(21-19)18-9-6-8-17(5-2)14-18/h2,6-11,14,16H,4-5,12-13,15H2,1,3H3. The number of aromatic nitrogens is 1. The van der Waals surface area contributed by atoms with Gasteiger partial charge in [0.15, 0.2) is 0 Å². The number of hydrogen-bond donors (Lipinski definition) is 0. The molecule has 116 valence electrons. The van der Waals surface area contributed by atoms with E-state index in [2.05, 4.69) is 38.1 Å². The van der Waals surface area contributed by atoms with Crippen molar-refractivity contribution in [2.24, 2.45) is 5.92 Å². The Balaban J connectivity index is 1.97. The Morgan fingerprint density at radius 3 is 2.77 bits per heavy atom. The molecule has 1 unspecified atom stereocenters. The first-order chi connectivity index (χ1) is 10.7. The third-order valence-electron chi connectivity index (χ3n) is 3.87. The number of pyridine rings is 1. The average Bonchev–Trinajstić information content (AvgIpc) is 2.58. The summed E-state index contributed by atoms with van der Waals surface area (Å²) in [7, 11) is 0. The van der Waals surface area contributed by atoms with Crippen LogP contribution in [0.2, 0.25) is 0 Å². The van der Waals surface area contributed by atoms with Gasteiger partial charge in [-0.25, -0.2) is 0 Å². The molecule has 0 fully saturated rings. The summed E-state index contributed by atoms with van der Waals surface area (Å²) in [4.78, 5) is 4.73. The molecule has 2 aromatic rings. The summed E-state index contributed by atoms with van der Waals surface area (Å²) in [5, 5.41) is 0. The topological polar surface area (TPSA) is 22.1 Å². The van der Waals surface area contributed by atoms with E-state index in [1.807, 2.05) is 18.2 Å². The molecular formula is C20H25NO. The van der Waals surface area contributed by atoms with E-state index in [1.54, 1.807) is 0 Å². The van der Waals surface area contributed by atoms with Gasteiger partial charge < -0.3 is 4.74 Å². The lowest BCUT2D eigenvalue weighted by Gasteiger charge is -2.10. The van der Waals surface area contributed by atoms with Gasteiger partial charge in [0.1, 0.15) is 0 Å². The van der Waals surface area contributed by atoms with E-state index in [9.17, 15) is 0 Å². The predicted molar refractivity (Wildman–Crippen MR) is 91.7 cm³/mol. The summed E-state index contributed by atoms with van der Waals surface area (Å²) >= 11 is 0. The maximum Gasteiger partial charge on any atom is 0.0705 e. The number of ether oxygens (including phenoxy) is 1. The average molecular weight is 295 g/mol. The van der Waals surface area contributed by atoms with Crippen molar-refractivity contribution in [3.63, 3.8) is 0 Å². The van der Waals surface area contributed by atoms with Gasteiger partial charge in [0.05, 0.1) is 12.3 Å². The fourth-order valence-corrected chi connectivity index (χ4v) is 2.22. The lowest BCUT2D eigenvalue weighted by Crippen LogP contribution is -2.08. The van der Waals surface area contributed by atoms with Crippen LogP contribution in [0, 0.1) is 12.8 Å². The number of nitrogens with zero attached hydrogens (tertiary/aromatic N) is 1. The molecule has 0 aliphatic rings. The summed E-state index contributed by atoms with van der Waals surface area (Å²) in [6, 6.07) is 14.4. The summed E-state index contributed by atoms with van der Waals surface area (Å²) in [6.07, 6.45) is 2.56. The van der Waals surface area contributed by atoms with E-state index in [4.69, 9.17) is 16.6 Å². The molecule has 1 aromatic heterocycles. The Bertz CT molecular complexity index is 579. The molecule has 22 heavy (non-hydrogen) atoms. The van der Waals surface area contributed by atoms with E-state index >= 15 is 0 Å². The number of rotatable bonds is 8. The Morgan fingerprint density at radius 1 is 1.18 bits per heavy atom. The zero-order valence-corrected chi connectivity index (χ0v) is 13.6. The molecule has 1 aromatic carbocycles. The van der Waals surface area contributed by atoms with Crippen LogP contribution in [0.4, 0.5) is 0 Å². The van der Waals surface area contributed by atoms with Gasteiger partial charge in [-0.1, -0.05) is 44.5 Å². The molecular weight excluding hydrogens is 270 g/mol. The third kappa shape index (κ3) is 4.96. The van der Waals surface area contributed by atoms with Crippen molar-refractivity contribution in [1.82, 2.24) is 4.98 Å². The molecule has 1 heterocycles. The van der Waals surface area contributed by atoms with Gasteiger partial charge in [0.2, 0.25) is 0 Å². The minimum atomic E-state index is 0.553. The quantitative estimate of drug-likeness (QED) is 0.664. The molecule has 0 N–H and O–H groups in total. The van der Waals surface area contributed by atoms with Crippen LogP contribution in [-0.4, -0.2) is 18.2 Å². The lowest BCUT2D eigenvalue weighted by atomic mass is 10.1. The van der Waals surface area contributed by atoms with Gasteiger partial charge in [0, 0.05) is 24.3 Å². The molecule has 0 aliphatic carbocycles. The minimum Gasteiger partial charge on any atom is -0.381 e. The maximum atomic E-state index is 5.72. The van der Waals surface area contributed by atoms with Crippen LogP contribution >= 0.6 is 0 Å². The van der Waals surface area contributed by atoms with Crippen LogP contribution < -0.4 is 0 Å². The molecule has 0 saturated heterocycles. The smallest absolute Gasteiger partial charge is 0.0705 e. The minimum absolute atomic E-state index is 0.553. The molecule has 0 bridgehead atoms. The first-order valence-corrected chi connectivity index (χ1v) is 8.06. The zero-order chi connectivity index (χ0) is 15.8. The van der Waals surface area contributed by atoms with E-state index in [0.29, 0.717) is 12.3 Å². The number of hydrogen-bond acceptors (Lipinski definition) is 2. The van der Waals surface area contributed by atoms with Crippen molar-refractivity contribution < 1.29 is 4.74 Å². The van der Waals surface area contributed by atoms with Gasteiger partial charge in [-0.2, -0.15) is 0 Å². The van der Waals surface area contributed by atoms with E-state index in [1.165, 1.54) is 0 Å². The fraction of sp³-hybridized carbons (Fsp3) is 0.400. The van der Waals surface area contributed by atoms with Gasteiger partial charge in [0.25, 0.3) is 0 Å². The summed E-state index contributed by atoms with van der Waals surface area (Å²) in [5.74, 6) is 0.623. The van der Waals surface area contributed by atoms with Crippen LogP contribution in [0.25, 0.3) is 11.3 Å². The van der Waals surface area contributed by atoms with Crippen LogP contribution in [0.1, 0.15) is 31.5 Å². The molecule has 0 spiro atoms. The highest BCUT2D eigenvalue weighted by atomic mass is 16.5. The van der Waals surface area contributed by atoms with E-state index < -0.39 is 0 Å². The normalized spacial score (nSPS) is 12.3. The van der Waals surface area contributed by atoms with Crippen LogP contribution in [0.5, 0.6) is 0 Å². The highest BCUT2D eigenvalue weighted by Gasteiger charge is 2.03. The van der Waals surface area contributed by atoms with Crippen molar-refractivity contribution >= 4 is 0 Å². The molecule has 2 heteroatoms. The van der Waals surface area contributed by atoms with Crippen LogP contribution in [0.15, 0.2) is 42.5 Å². The lowest BCUT2D eigenvalue weighted by molar-refractivity contribution is 0.106. The Kier molecular flexibility index (Phi) is 6.60. The molecule has 1 atom stereocenters. The number of benzene rings is 1. The highest BCUT2D eigenvalue weighted by molar-refractivity contribution is 5.60. The van der Waals surface area contributed by atoms with Crippen LogP contribution in [0.3, 0.4) is 0 Å². The van der Waals surface area contributed by atoms with Crippen LogP contribution in [-0.2, 0) is 17.6 Å². The van der Waals surface area contributed by atoms with Crippen molar-refractivity contribution in [3.8, 4) is 11.3 Å². The third-order valence-corrected chi connectivity index (χ3v) is 3.87. The van der Waals surface area contributed by atoms with E-state index in [0.717, 1.165) is 48.6 Å². The Labute approximate surface area is 134 Å². The van der Waals surface area contributed by atoms with Crippen molar-refractivity contribution in [2.75, 3.05) is 13.2 Å². The largest absolute Gasteiger partial charge is 0.381 e. The highest BCUT2D eigenvalue weighted by Crippen LogP contribution is 2.19. The Morgan fingerprint density at radius 2 is 2.00 bits per heavy atom.